The van der Waals surface area contributed by atoms with Crippen molar-refractivity contribution in [2.75, 3.05) is 0 Å². The van der Waals surface area contributed by atoms with Crippen molar-refractivity contribution in [3.05, 3.63) is 311 Å². The van der Waals surface area contributed by atoms with Crippen LogP contribution in [0, 0.1) is 96.0 Å². The molecular weight excluding hydrogens is 2070 g/mol. The summed E-state index contributed by atoms with van der Waals surface area (Å²) in [5.74, 6) is -4.54. The Kier molecular flexibility index (Phi) is 42.6. The van der Waals surface area contributed by atoms with Gasteiger partial charge in [-0.05, 0) is 109 Å². The molecule has 0 unspecified atom stereocenters. The molecule has 0 amide bonds. The predicted octanol–water partition coefficient (Wildman–Crippen LogP) is 15.8. The summed E-state index contributed by atoms with van der Waals surface area (Å²) in [7, 11) is 0. The summed E-state index contributed by atoms with van der Waals surface area (Å²) >= 11 is 0. The molecule has 105 heavy (non-hydrogen) atoms. The number of rotatable bonds is 10. The van der Waals surface area contributed by atoms with E-state index < -0.39 is 23.9 Å². The summed E-state index contributed by atoms with van der Waals surface area (Å²) in [5.41, 5.74) is 14.5. The van der Waals surface area contributed by atoms with Crippen LogP contribution in [0.3, 0.4) is 0 Å². The van der Waals surface area contributed by atoms with Crippen molar-refractivity contribution in [2.24, 2.45) is 0 Å². The molecule has 0 spiro atoms. The Morgan fingerprint density at radius 3 is 0.933 bits per heavy atom. The van der Waals surface area contributed by atoms with Gasteiger partial charge in [-0.3, -0.25) is 52.4 Å². The Labute approximate surface area is 659 Å². The van der Waals surface area contributed by atoms with E-state index in [9.17, 15) is 36.7 Å². The molecule has 8 aromatic heterocycles. The molecule has 554 valence electrons. The second kappa shape index (κ2) is 48.1. The van der Waals surface area contributed by atoms with Gasteiger partial charge in [-0.25, -0.2) is 39.1 Å². The molecule has 0 aliphatic carbocycles. The van der Waals surface area contributed by atoms with Gasteiger partial charge in [0, 0.05) is 210 Å². The SMILES string of the molecule is Cc1cnc(C)c(-c2[c-]cc(F)cc2)n1.Cc1nc(-c2[c-]cc(F)cc2)c(C(C)C)nc1C(C)C.Cc1nc(C)c(-c2[c-]cc(F)cc2)nc1C.Cc1nccnc1-c1[c-]cc(F)cc1.O=C(O)c1ccccn1.O=C(O)c1ccccn1.O=C(O)c1ccccn1.O=C(O)c1ccccn1.[Ir].[Ir].[Ir].[Ir]. The van der Waals surface area contributed by atoms with Crippen LogP contribution in [-0.4, -0.2) is 104 Å². The zero-order valence-electron chi connectivity index (χ0n) is 58.2. The molecule has 0 fully saturated rings. The van der Waals surface area contributed by atoms with E-state index in [2.05, 4.69) is 102 Å². The van der Waals surface area contributed by atoms with Crippen molar-refractivity contribution in [1.82, 2.24) is 59.8 Å². The molecule has 0 aliphatic rings. The number of hydrogen-bond acceptors (Lipinski definition) is 16. The summed E-state index contributed by atoms with van der Waals surface area (Å²) in [5, 5.41) is 33.3. The van der Waals surface area contributed by atoms with E-state index in [0.717, 1.165) is 96.3 Å². The van der Waals surface area contributed by atoms with Crippen LogP contribution < -0.4 is 0 Å². The van der Waals surface area contributed by atoms with Gasteiger partial charge in [-0.1, -0.05) is 52.0 Å². The summed E-state index contributed by atoms with van der Waals surface area (Å²) in [6, 6.07) is 48.0. The van der Waals surface area contributed by atoms with Gasteiger partial charge in [-0.15, -0.1) is 119 Å². The van der Waals surface area contributed by atoms with Crippen molar-refractivity contribution in [1.29, 1.82) is 0 Å². The molecular formula is C77H70F4Ir4N12O8-4. The molecule has 4 N–H and O–H groups in total. The monoisotopic (exact) mass is 2140 g/mol. The second-order valence-corrected chi connectivity index (χ2v) is 21.8. The van der Waals surface area contributed by atoms with Crippen LogP contribution in [0.1, 0.15) is 133 Å². The number of hydrogen-bond donors (Lipinski definition) is 4. The van der Waals surface area contributed by atoms with Gasteiger partial charge in [0.1, 0.15) is 22.8 Å². The van der Waals surface area contributed by atoms with Gasteiger partial charge in [0.2, 0.25) is 0 Å². The van der Waals surface area contributed by atoms with Crippen LogP contribution in [0.4, 0.5) is 17.6 Å². The fourth-order valence-electron chi connectivity index (χ4n) is 8.30. The summed E-state index contributed by atoms with van der Waals surface area (Å²) < 4.78 is 51.2. The molecule has 0 bridgehead atoms. The Morgan fingerprint density at radius 2 is 0.629 bits per heavy atom. The maximum Gasteiger partial charge on any atom is 0.354 e. The average Bonchev–Trinajstić information content (AvgIpc) is 0.802. The van der Waals surface area contributed by atoms with Gasteiger partial charge < -0.3 is 25.4 Å². The van der Waals surface area contributed by atoms with Crippen molar-refractivity contribution in [3.63, 3.8) is 0 Å². The first-order valence-corrected chi connectivity index (χ1v) is 30.7. The number of benzene rings is 4. The average molecular weight is 2140 g/mol. The summed E-state index contributed by atoms with van der Waals surface area (Å²) in [4.78, 5) is 90.0. The van der Waals surface area contributed by atoms with Gasteiger partial charge in [-0.2, -0.15) is 0 Å². The third-order valence-corrected chi connectivity index (χ3v) is 13.3. The number of halogens is 4. The molecule has 4 radical (unpaired) electrons. The molecule has 28 heteroatoms. The third kappa shape index (κ3) is 31.9. The summed E-state index contributed by atoms with van der Waals surface area (Å²) in [6.07, 6.45) is 10.7. The minimum atomic E-state index is -0.990. The largest absolute Gasteiger partial charge is 0.477 e. The van der Waals surface area contributed by atoms with E-state index in [4.69, 9.17) is 30.4 Å². The second-order valence-electron chi connectivity index (χ2n) is 21.8. The normalized spacial score (nSPS) is 9.65. The first kappa shape index (κ1) is 93.0. The van der Waals surface area contributed by atoms with Gasteiger partial charge in [0.05, 0.1) is 11.4 Å². The van der Waals surface area contributed by atoms with E-state index >= 15 is 0 Å². The molecule has 0 saturated carbocycles. The molecule has 20 nitrogen and oxygen atoms in total. The third-order valence-electron chi connectivity index (χ3n) is 13.3. The number of aryl methyl sites for hydroxylation is 7. The molecule has 12 aromatic rings. The molecule has 0 aliphatic heterocycles. The van der Waals surface area contributed by atoms with E-state index in [1.807, 2.05) is 48.5 Å². The number of aromatic carboxylic acids is 4. The number of carbonyl (C=O) groups is 4. The smallest absolute Gasteiger partial charge is 0.354 e. The zero-order chi connectivity index (χ0) is 74.1. The number of pyridine rings is 4. The maximum absolute atomic E-state index is 13.0. The van der Waals surface area contributed by atoms with Crippen LogP contribution in [0.15, 0.2) is 189 Å². The van der Waals surface area contributed by atoms with Gasteiger partial charge >= 0.3 is 23.9 Å². The number of carboxylic acids is 4. The Hall–Kier alpha value is -10.0. The van der Waals surface area contributed by atoms with Gasteiger partial charge in [0.25, 0.3) is 0 Å². The Balaban J connectivity index is 0.000000607. The first-order chi connectivity index (χ1) is 48.1. The van der Waals surface area contributed by atoms with Gasteiger partial charge in [0.15, 0.2) is 0 Å². The van der Waals surface area contributed by atoms with Crippen molar-refractivity contribution in [3.8, 4) is 45.0 Å². The standard InChI is InChI=1S/C17H20FN2.C13H12FN2.C12H10FN2.C11H8FN2.4C6H5NO2.4Ir/c1-10(2)15-12(5)19-17(16(20-15)11(3)4)13-6-8-14(18)9-7-13;1-8-9(2)16-13(10(3)15-8)11-4-6-12(14)7-5-11;1-8-7-14-9(2)12(15-8)10-3-5-11(13)6-4-10;1-8-11(14-7-6-13-8)9-2-4-10(12)5-3-9;4*8-6(9)5-3-1-2-4-7-5;;;;/h6,8-11H,1-5H3;4,6-7H,1-3H3;3,5-7H,1-2H3;2,4-7H,1H3;4*1-4H,(H,8,9);;;;/q4*-1;;;;;;;;. The quantitative estimate of drug-likeness (QED) is 0.0730. The van der Waals surface area contributed by atoms with Crippen LogP contribution in [0.5, 0.6) is 0 Å². The number of aromatic nitrogens is 12. The van der Waals surface area contributed by atoms with Crippen molar-refractivity contribution >= 4 is 23.9 Å². The Morgan fingerprint density at radius 1 is 0.314 bits per heavy atom. The topological polar surface area (TPSA) is 304 Å². The minimum absolute atomic E-state index is 0. The predicted molar refractivity (Wildman–Crippen MR) is 371 cm³/mol. The molecule has 0 saturated heterocycles. The van der Waals surface area contributed by atoms with E-state index in [1.54, 1.807) is 91.4 Å². The fraction of sp³-hybridized carbons (Fsp3) is 0.169. The van der Waals surface area contributed by atoms with Crippen LogP contribution >= 0.6 is 0 Å². The van der Waals surface area contributed by atoms with Crippen molar-refractivity contribution in [2.45, 2.75) is 88.0 Å². The van der Waals surface area contributed by atoms with E-state index in [-0.39, 0.29) is 132 Å². The first-order valence-electron chi connectivity index (χ1n) is 30.7. The molecule has 12 rings (SSSR count). The molecule has 0 atom stereocenters. The van der Waals surface area contributed by atoms with Crippen LogP contribution in [-0.2, 0) is 80.4 Å². The zero-order valence-corrected chi connectivity index (χ0v) is 67.8. The number of carboxylic acid groups (broad SMARTS) is 4. The maximum atomic E-state index is 13.0. The minimum Gasteiger partial charge on any atom is -0.477 e. The Bertz CT molecular complexity index is 4420. The van der Waals surface area contributed by atoms with Crippen molar-refractivity contribution < 1.29 is 138 Å². The number of nitrogens with zero attached hydrogens (tertiary/aromatic N) is 12. The van der Waals surface area contributed by atoms with E-state index in [1.165, 1.54) is 97.6 Å². The molecule has 8 heterocycles. The van der Waals surface area contributed by atoms with Crippen LogP contribution in [0.25, 0.3) is 45.0 Å². The summed E-state index contributed by atoms with van der Waals surface area (Å²) in [6.45, 7) is 21.7. The van der Waals surface area contributed by atoms with Crippen LogP contribution in [0.2, 0.25) is 0 Å². The van der Waals surface area contributed by atoms with E-state index in [0.29, 0.717) is 5.92 Å². The fourth-order valence-corrected chi connectivity index (χ4v) is 8.30. The molecule has 4 aromatic carbocycles.